The Morgan fingerprint density at radius 1 is 0.970 bits per heavy atom. The summed E-state index contributed by atoms with van der Waals surface area (Å²) in [4.78, 5) is 28.9. The summed E-state index contributed by atoms with van der Waals surface area (Å²) in [5.41, 5.74) is 8.28. The van der Waals surface area contributed by atoms with Gasteiger partial charge in [-0.25, -0.2) is 0 Å². The van der Waals surface area contributed by atoms with Crippen LogP contribution in [0.3, 0.4) is 0 Å². The second-order valence-electron chi connectivity index (χ2n) is 10.1. The molecule has 0 atom stereocenters. The molecule has 3 aromatic rings. The van der Waals surface area contributed by atoms with Crippen molar-refractivity contribution in [2.24, 2.45) is 23.5 Å². The van der Waals surface area contributed by atoms with Crippen molar-refractivity contribution in [1.29, 1.82) is 0 Å². The molecule has 7 rings (SSSR count). The molecule has 7 heteroatoms. The Labute approximate surface area is 191 Å². The first-order valence-electron chi connectivity index (χ1n) is 11.6. The Hall–Kier alpha value is -3.48. The number of rotatable bonds is 5. The summed E-state index contributed by atoms with van der Waals surface area (Å²) in [5.74, 6) is 2.15. The van der Waals surface area contributed by atoms with Crippen molar-refractivity contribution in [2.45, 2.75) is 44.1 Å². The minimum Gasteiger partial charge on any atom is -0.366 e. The number of carbonyl (C=O) groups is 2. The molecule has 4 fully saturated rings. The molecular formula is C26H26N4O3. The highest BCUT2D eigenvalue weighted by molar-refractivity contribution is 5.94. The van der Waals surface area contributed by atoms with Crippen LogP contribution in [0.25, 0.3) is 22.6 Å². The molecule has 0 aliphatic heterocycles. The van der Waals surface area contributed by atoms with Crippen LogP contribution >= 0.6 is 0 Å². The Balaban J connectivity index is 1.18. The first kappa shape index (κ1) is 20.1. The van der Waals surface area contributed by atoms with Gasteiger partial charge in [-0.2, -0.15) is 0 Å². The zero-order chi connectivity index (χ0) is 22.6. The molecule has 7 nitrogen and oxygen atoms in total. The van der Waals surface area contributed by atoms with E-state index in [0.717, 1.165) is 48.1 Å². The van der Waals surface area contributed by atoms with Crippen LogP contribution in [0.4, 0.5) is 0 Å². The summed E-state index contributed by atoms with van der Waals surface area (Å²) in [5, 5.41) is 7.37. The van der Waals surface area contributed by atoms with Crippen molar-refractivity contribution in [3.05, 3.63) is 59.9 Å². The van der Waals surface area contributed by atoms with Crippen LogP contribution in [0.2, 0.25) is 0 Å². The lowest BCUT2D eigenvalue weighted by molar-refractivity contribution is -0.0168. The summed E-state index contributed by atoms with van der Waals surface area (Å²) in [6.07, 6.45) is 8.96. The highest BCUT2D eigenvalue weighted by Crippen LogP contribution is 2.55. The van der Waals surface area contributed by atoms with Crippen LogP contribution in [0.15, 0.2) is 53.2 Å². The number of hydrogen-bond acceptors (Lipinski definition) is 5. The molecule has 4 saturated carbocycles. The Kier molecular flexibility index (Phi) is 4.60. The average molecular weight is 443 g/mol. The molecule has 1 aromatic carbocycles. The van der Waals surface area contributed by atoms with Gasteiger partial charge in [0, 0.05) is 34.5 Å². The monoisotopic (exact) mass is 442 g/mol. The Bertz CT molecular complexity index is 1200. The quantitative estimate of drug-likeness (QED) is 0.615. The van der Waals surface area contributed by atoms with Crippen LogP contribution in [0.5, 0.6) is 0 Å². The zero-order valence-corrected chi connectivity index (χ0v) is 18.3. The smallest absolute Gasteiger partial charge is 0.273 e. The average Bonchev–Trinajstić information content (AvgIpc) is 3.29. The molecular weight excluding hydrogens is 416 g/mol. The van der Waals surface area contributed by atoms with Crippen LogP contribution in [-0.4, -0.2) is 27.5 Å². The molecule has 0 unspecified atom stereocenters. The molecule has 2 amide bonds. The largest absolute Gasteiger partial charge is 0.366 e. The first-order valence-corrected chi connectivity index (χ1v) is 11.6. The molecule has 0 spiro atoms. The predicted octanol–water partition coefficient (Wildman–Crippen LogP) is 4.20. The van der Waals surface area contributed by atoms with Gasteiger partial charge in [0.15, 0.2) is 11.5 Å². The van der Waals surface area contributed by atoms with Crippen molar-refractivity contribution in [2.75, 3.05) is 0 Å². The van der Waals surface area contributed by atoms with E-state index >= 15 is 0 Å². The first-order chi connectivity index (χ1) is 16.0. The predicted molar refractivity (Wildman–Crippen MR) is 122 cm³/mol. The van der Waals surface area contributed by atoms with Gasteiger partial charge in [-0.05, 0) is 80.5 Å². The second kappa shape index (κ2) is 7.54. The molecule has 33 heavy (non-hydrogen) atoms. The SMILES string of the molecule is NC(=O)c1cccc(-c2ccc(-c3cc(C(=O)NC45CC6CC(CC(C6)C4)C5)no3)cn2)c1. The fourth-order valence-corrected chi connectivity index (χ4v) is 6.63. The van der Waals surface area contributed by atoms with E-state index in [4.69, 9.17) is 10.3 Å². The number of hydrogen-bond donors (Lipinski definition) is 2. The number of pyridine rings is 1. The topological polar surface area (TPSA) is 111 Å². The fraction of sp³-hybridized carbons (Fsp3) is 0.385. The molecule has 0 saturated heterocycles. The number of primary amides is 1. The zero-order valence-electron chi connectivity index (χ0n) is 18.3. The molecule has 4 aliphatic carbocycles. The van der Waals surface area contributed by atoms with E-state index in [2.05, 4.69) is 15.5 Å². The number of benzene rings is 1. The van der Waals surface area contributed by atoms with E-state index in [1.165, 1.54) is 19.3 Å². The Morgan fingerprint density at radius 3 is 2.33 bits per heavy atom. The van der Waals surface area contributed by atoms with Crippen LogP contribution < -0.4 is 11.1 Å². The second-order valence-corrected chi connectivity index (χ2v) is 10.1. The van der Waals surface area contributed by atoms with Gasteiger partial charge in [-0.1, -0.05) is 17.3 Å². The third-order valence-corrected chi connectivity index (χ3v) is 7.65. The summed E-state index contributed by atoms with van der Waals surface area (Å²) in [7, 11) is 0. The number of nitrogens with zero attached hydrogens (tertiary/aromatic N) is 2. The van der Waals surface area contributed by atoms with E-state index in [9.17, 15) is 9.59 Å². The minimum atomic E-state index is -0.477. The van der Waals surface area contributed by atoms with E-state index in [1.54, 1.807) is 30.5 Å². The van der Waals surface area contributed by atoms with Gasteiger partial charge >= 0.3 is 0 Å². The van der Waals surface area contributed by atoms with Crippen molar-refractivity contribution in [1.82, 2.24) is 15.5 Å². The highest BCUT2D eigenvalue weighted by atomic mass is 16.5. The molecule has 0 radical (unpaired) electrons. The minimum absolute atomic E-state index is 0.0619. The molecule has 3 N–H and O–H groups in total. The number of nitrogens with one attached hydrogen (secondary N) is 1. The van der Waals surface area contributed by atoms with Gasteiger partial charge in [-0.15, -0.1) is 0 Å². The number of nitrogens with two attached hydrogens (primary N) is 1. The summed E-state index contributed by atoms with van der Waals surface area (Å²) >= 11 is 0. The lowest BCUT2D eigenvalue weighted by Gasteiger charge is -2.56. The Morgan fingerprint density at radius 2 is 1.70 bits per heavy atom. The maximum Gasteiger partial charge on any atom is 0.273 e. The van der Waals surface area contributed by atoms with E-state index in [0.29, 0.717) is 22.7 Å². The molecule has 168 valence electrons. The van der Waals surface area contributed by atoms with Crippen molar-refractivity contribution in [3.63, 3.8) is 0 Å². The van der Waals surface area contributed by atoms with Crippen molar-refractivity contribution < 1.29 is 14.1 Å². The van der Waals surface area contributed by atoms with Gasteiger partial charge in [0.2, 0.25) is 5.91 Å². The van der Waals surface area contributed by atoms with Gasteiger partial charge in [0.25, 0.3) is 5.91 Å². The van der Waals surface area contributed by atoms with E-state index in [-0.39, 0.29) is 11.4 Å². The summed E-state index contributed by atoms with van der Waals surface area (Å²) in [6.45, 7) is 0. The van der Waals surface area contributed by atoms with Gasteiger partial charge in [0.1, 0.15) is 0 Å². The van der Waals surface area contributed by atoms with Crippen molar-refractivity contribution in [3.8, 4) is 22.6 Å². The van der Waals surface area contributed by atoms with Crippen LogP contribution in [0, 0.1) is 17.8 Å². The molecule has 4 aliphatic rings. The maximum absolute atomic E-state index is 13.0. The maximum atomic E-state index is 13.0. The fourth-order valence-electron chi connectivity index (χ4n) is 6.63. The van der Waals surface area contributed by atoms with Crippen LogP contribution in [0.1, 0.15) is 59.4 Å². The lowest BCUT2D eigenvalue weighted by Crippen LogP contribution is -2.59. The van der Waals surface area contributed by atoms with Crippen LogP contribution in [-0.2, 0) is 0 Å². The summed E-state index contributed by atoms with van der Waals surface area (Å²) < 4.78 is 5.48. The highest BCUT2D eigenvalue weighted by Gasteiger charge is 2.51. The molecule has 2 aromatic heterocycles. The third-order valence-electron chi connectivity index (χ3n) is 7.65. The van der Waals surface area contributed by atoms with Gasteiger partial charge in [-0.3, -0.25) is 14.6 Å². The number of amides is 2. The van der Waals surface area contributed by atoms with Gasteiger partial charge in [0.05, 0.1) is 5.69 Å². The van der Waals surface area contributed by atoms with Gasteiger partial charge < -0.3 is 15.6 Å². The third kappa shape index (κ3) is 3.71. The van der Waals surface area contributed by atoms with E-state index in [1.807, 2.05) is 18.2 Å². The normalized spacial score (nSPS) is 27.5. The van der Waals surface area contributed by atoms with E-state index < -0.39 is 5.91 Å². The lowest BCUT2D eigenvalue weighted by atomic mass is 9.53. The molecule has 4 bridgehead atoms. The van der Waals surface area contributed by atoms with Crippen molar-refractivity contribution >= 4 is 11.8 Å². The summed E-state index contributed by atoms with van der Waals surface area (Å²) in [6, 6.07) is 12.4. The molecule has 2 heterocycles. The standard InChI is InChI=1S/C26H26N4O3/c27-24(31)19-3-1-2-18(9-19)21-5-4-20(14-28-21)23-10-22(30-33-23)25(32)29-26-11-15-6-16(12-26)8-17(7-15)13-26/h1-5,9-10,14-17H,6-8,11-13H2,(H2,27,31)(H,29,32). The number of carbonyl (C=O) groups excluding carboxylic acids is 2. The number of aromatic nitrogens is 2.